The van der Waals surface area contributed by atoms with Crippen molar-refractivity contribution in [2.24, 2.45) is 0 Å². The summed E-state index contributed by atoms with van der Waals surface area (Å²) in [4.78, 5) is 2.48. The van der Waals surface area contributed by atoms with Crippen molar-refractivity contribution in [3.63, 3.8) is 0 Å². The molecule has 0 aliphatic carbocycles. The summed E-state index contributed by atoms with van der Waals surface area (Å²) in [5.74, 6) is 0. The molecule has 0 atom stereocenters. The summed E-state index contributed by atoms with van der Waals surface area (Å²) < 4.78 is 5.01. The van der Waals surface area contributed by atoms with Crippen LogP contribution in [-0.2, 0) is 0 Å². The van der Waals surface area contributed by atoms with Crippen LogP contribution in [0.1, 0.15) is 0 Å². The number of nitrogens with zero attached hydrogens (tertiary/aromatic N) is 2. The van der Waals surface area contributed by atoms with Crippen LogP contribution in [-0.4, -0.2) is 4.57 Å². The van der Waals surface area contributed by atoms with Crippen molar-refractivity contribution < 1.29 is 0 Å². The number of benzene rings is 9. The monoisotopic (exact) mass is 744 g/mol. The van der Waals surface area contributed by atoms with Crippen molar-refractivity contribution in [2.75, 3.05) is 4.90 Å². The molecule has 2 heterocycles. The van der Waals surface area contributed by atoms with Gasteiger partial charge < -0.3 is 9.47 Å². The molecule has 0 spiro atoms. The number of fused-ring (bicyclic) bond motifs is 6. The largest absolute Gasteiger partial charge is 0.310 e. The molecule has 0 fully saturated rings. The number of hydrogen-bond donors (Lipinski definition) is 0. The first-order valence-electron chi connectivity index (χ1n) is 19.4. The van der Waals surface area contributed by atoms with Gasteiger partial charge in [0.05, 0.1) is 16.7 Å². The lowest BCUT2D eigenvalue weighted by atomic mass is 9.96. The molecule has 0 N–H and O–H groups in total. The molecule has 0 aliphatic heterocycles. The molecule has 0 amide bonds. The minimum atomic E-state index is 1.09. The van der Waals surface area contributed by atoms with Gasteiger partial charge >= 0.3 is 0 Å². The number of para-hydroxylation sites is 3. The van der Waals surface area contributed by atoms with Crippen LogP contribution < -0.4 is 4.90 Å². The van der Waals surface area contributed by atoms with Crippen LogP contribution in [0.25, 0.3) is 81.0 Å². The van der Waals surface area contributed by atoms with Gasteiger partial charge in [0.2, 0.25) is 0 Å². The minimum absolute atomic E-state index is 1.09. The lowest BCUT2D eigenvalue weighted by Gasteiger charge is -2.29. The third kappa shape index (κ3) is 5.71. The Bertz CT molecular complexity index is 3180. The van der Waals surface area contributed by atoms with Crippen LogP contribution in [0.4, 0.5) is 17.1 Å². The van der Waals surface area contributed by atoms with Crippen LogP contribution in [0.5, 0.6) is 0 Å². The Morgan fingerprint density at radius 3 is 1.68 bits per heavy atom. The fourth-order valence-corrected chi connectivity index (χ4v) is 9.80. The zero-order valence-electron chi connectivity index (χ0n) is 31.1. The molecule has 0 saturated carbocycles. The van der Waals surface area contributed by atoms with Crippen molar-refractivity contribution in [1.82, 2.24) is 4.57 Å². The number of anilines is 3. The van der Waals surface area contributed by atoms with Crippen molar-refractivity contribution in [3.05, 3.63) is 218 Å². The summed E-state index contributed by atoms with van der Waals surface area (Å²) in [6.45, 7) is 0. The Morgan fingerprint density at radius 1 is 0.351 bits per heavy atom. The number of aromatic nitrogens is 1. The third-order valence-corrected chi connectivity index (χ3v) is 12.4. The second-order valence-electron chi connectivity index (χ2n) is 14.5. The normalized spacial score (nSPS) is 11.5. The van der Waals surface area contributed by atoms with Gasteiger partial charge in [0.25, 0.3) is 0 Å². The van der Waals surface area contributed by atoms with Crippen molar-refractivity contribution in [1.29, 1.82) is 0 Å². The van der Waals surface area contributed by atoms with Gasteiger partial charge in [-0.2, -0.15) is 0 Å². The highest BCUT2D eigenvalue weighted by Crippen LogP contribution is 2.48. The molecule has 268 valence electrons. The summed E-state index contributed by atoms with van der Waals surface area (Å²) in [6, 6.07) is 79.5. The van der Waals surface area contributed by atoms with E-state index in [1.807, 2.05) is 11.3 Å². The summed E-state index contributed by atoms with van der Waals surface area (Å²) in [7, 11) is 0. The average molecular weight is 745 g/mol. The fraction of sp³-hybridized carbons (Fsp3) is 0. The topological polar surface area (TPSA) is 8.17 Å². The van der Waals surface area contributed by atoms with Gasteiger partial charge in [-0.1, -0.05) is 158 Å². The van der Waals surface area contributed by atoms with E-state index in [-0.39, 0.29) is 0 Å². The van der Waals surface area contributed by atoms with Gasteiger partial charge in [-0.3, -0.25) is 0 Å². The maximum absolute atomic E-state index is 2.48. The van der Waals surface area contributed by atoms with E-state index in [0.29, 0.717) is 0 Å². The highest BCUT2D eigenvalue weighted by atomic mass is 32.1. The van der Waals surface area contributed by atoms with Gasteiger partial charge in [0.1, 0.15) is 0 Å². The molecule has 9 aromatic carbocycles. The molecular formula is C54H36N2S. The second-order valence-corrected chi connectivity index (χ2v) is 15.6. The summed E-state index contributed by atoms with van der Waals surface area (Å²) in [5.41, 5.74) is 13.9. The molecule has 0 bridgehead atoms. The van der Waals surface area contributed by atoms with Crippen molar-refractivity contribution in [2.45, 2.75) is 0 Å². The average Bonchev–Trinajstić information content (AvgIpc) is 3.83. The summed E-state index contributed by atoms with van der Waals surface area (Å²) in [5, 5.41) is 5.06. The third-order valence-electron chi connectivity index (χ3n) is 11.2. The van der Waals surface area contributed by atoms with E-state index in [2.05, 4.69) is 228 Å². The van der Waals surface area contributed by atoms with Crippen molar-refractivity contribution >= 4 is 70.4 Å². The van der Waals surface area contributed by atoms with E-state index in [1.54, 1.807) is 0 Å². The van der Waals surface area contributed by atoms with Crippen LogP contribution in [0.15, 0.2) is 218 Å². The highest BCUT2D eigenvalue weighted by Gasteiger charge is 2.23. The molecule has 0 unspecified atom stereocenters. The molecule has 2 aromatic heterocycles. The first-order chi connectivity index (χ1) is 28.3. The number of hydrogen-bond acceptors (Lipinski definition) is 2. The Kier molecular flexibility index (Phi) is 8.04. The lowest BCUT2D eigenvalue weighted by Crippen LogP contribution is -2.12. The van der Waals surface area contributed by atoms with E-state index in [0.717, 1.165) is 28.3 Å². The molecule has 0 saturated heterocycles. The zero-order valence-corrected chi connectivity index (χ0v) is 31.9. The lowest BCUT2D eigenvalue weighted by molar-refractivity contribution is 1.18. The molecule has 0 radical (unpaired) electrons. The Balaban J connectivity index is 1.22. The first kappa shape index (κ1) is 33.2. The summed E-state index contributed by atoms with van der Waals surface area (Å²) in [6.07, 6.45) is 0. The zero-order chi connectivity index (χ0) is 37.7. The smallest absolute Gasteiger partial charge is 0.0561 e. The Morgan fingerprint density at radius 2 is 0.930 bits per heavy atom. The molecule has 2 nitrogen and oxygen atoms in total. The van der Waals surface area contributed by atoms with Crippen LogP contribution >= 0.6 is 11.3 Å². The fourth-order valence-electron chi connectivity index (χ4n) is 8.57. The van der Waals surface area contributed by atoms with Gasteiger partial charge in [-0.05, 0) is 82.9 Å². The van der Waals surface area contributed by atoms with E-state index in [9.17, 15) is 0 Å². The standard InChI is InChI=1S/C54H36N2S/c1-4-17-37(18-5-1)39-33-40(38-19-6-2-7-20-38)35-43(34-39)55(42-31-32-46-44-23-10-14-29-51(44)56(52(46)36-42)41-21-8-3-9-22-41)50-28-13-11-24-45(50)48-26-16-27-49-47-25-12-15-30-53(47)57-54(48)49/h1-36H. The molecule has 11 rings (SSSR count). The molecule has 57 heavy (non-hydrogen) atoms. The Labute approximate surface area is 335 Å². The first-order valence-corrected chi connectivity index (χ1v) is 20.2. The number of rotatable bonds is 7. The maximum Gasteiger partial charge on any atom is 0.0561 e. The second kappa shape index (κ2) is 13.8. The summed E-state index contributed by atoms with van der Waals surface area (Å²) >= 11 is 1.88. The van der Waals surface area contributed by atoms with Gasteiger partial charge in [-0.25, -0.2) is 0 Å². The van der Waals surface area contributed by atoms with Crippen LogP contribution in [0.2, 0.25) is 0 Å². The minimum Gasteiger partial charge on any atom is -0.310 e. The maximum atomic E-state index is 2.48. The van der Waals surface area contributed by atoms with Gasteiger partial charge in [-0.15, -0.1) is 11.3 Å². The van der Waals surface area contributed by atoms with Gasteiger partial charge in [0, 0.05) is 59.1 Å². The molecular weight excluding hydrogens is 709 g/mol. The Hall–Kier alpha value is -7.20. The van der Waals surface area contributed by atoms with E-state index in [1.165, 1.54) is 69.8 Å². The predicted octanol–water partition coefficient (Wildman–Crippen LogP) is 15.6. The van der Waals surface area contributed by atoms with Crippen LogP contribution in [0.3, 0.4) is 0 Å². The molecule has 11 aromatic rings. The molecule has 0 aliphatic rings. The molecule has 3 heteroatoms. The van der Waals surface area contributed by atoms with Gasteiger partial charge in [0.15, 0.2) is 0 Å². The van der Waals surface area contributed by atoms with E-state index in [4.69, 9.17) is 0 Å². The van der Waals surface area contributed by atoms with E-state index < -0.39 is 0 Å². The van der Waals surface area contributed by atoms with Crippen LogP contribution in [0, 0.1) is 0 Å². The number of thiophene rings is 1. The predicted molar refractivity (Wildman–Crippen MR) is 245 cm³/mol. The highest BCUT2D eigenvalue weighted by molar-refractivity contribution is 7.26. The van der Waals surface area contributed by atoms with E-state index >= 15 is 0 Å². The SMILES string of the molecule is c1ccc(-c2cc(-c3ccccc3)cc(N(c3ccc4c5ccccc5n(-c5ccccc5)c4c3)c3ccccc3-c3cccc4c3sc3ccccc34)c2)cc1. The quantitative estimate of drug-likeness (QED) is 0.158. The van der Waals surface area contributed by atoms with Crippen molar-refractivity contribution in [3.8, 4) is 39.1 Å².